The minimum atomic E-state index is 1.17. The zero-order valence-corrected chi connectivity index (χ0v) is 25.8. The van der Waals surface area contributed by atoms with Gasteiger partial charge in [-0.1, -0.05) is 139 Å². The van der Waals surface area contributed by atoms with Gasteiger partial charge in [0.05, 0.1) is 11.0 Å². The van der Waals surface area contributed by atoms with Crippen LogP contribution in [0.2, 0.25) is 0 Å². The van der Waals surface area contributed by atoms with E-state index in [9.17, 15) is 0 Å². The molecule has 8 aromatic carbocycles. The number of aromatic nitrogens is 1. The topological polar surface area (TPSA) is 4.93 Å². The number of fused-ring (bicyclic) bond motifs is 7. The second-order valence-electron chi connectivity index (χ2n) is 12.1. The molecule has 2 heterocycles. The third kappa shape index (κ3) is 3.77. The average molecular weight is 602 g/mol. The molecule has 1 aliphatic heterocycles. The normalized spacial score (nSPS) is 12.3. The fraction of sp³-hybridized carbons (Fsp3) is 0. The Labute approximate surface area is 271 Å². The van der Waals surface area contributed by atoms with Gasteiger partial charge in [-0.15, -0.1) is 0 Å². The van der Waals surface area contributed by atoms with Gasteiger partial charge in [0.1, 0.15) is 0 Å². The van der Waals surface area contributed by atoms with Crippen molar-refractivity contribution in [2.24, 2.45) is 0 Å². The lowest BCUT2D eigenvalue weighted by molar-refractivity contribution is 1.19. The maximum atomic E-state index is 2.45. The largest absolute Gasteiger partial charge is 0.309 e. The van der Waals surface area contributed by atoms with Crippen LogP contribution in [-0.4, -0.2) is 4.57 Å². The lowest BCUT2D eigenvalue weighted by atomic mass is 9.91. The summed E-state index contributed by atoms with van der Waals surface area (Å²) in [5, 5.41) is 7.75. The van der Waals surface area contributed by atoms with Crippen LogP contribution in [0.1, 0.15) is 0 Å². The Kier molecular flexibility index (Phi) is 5.58. The van der Waals surface area contributed by atoms with E-state index in [0.717, 1.165) is 0 Å². The first kappa shape index (κ1) is 25.7. The third-order valence-corrected chi connectivity index (χ3v) is 10.7. The summed E-state index contributed by atoms with van der Waals surface area (Å²) in [5.74, 6) is 0. The van der Waals surface area contributed by atoms with Gasteiger partial charge >= 0.3 is 0 Å². The van der Waals surface area contributed by atoms with Gasteiger partial charge in [0.2, 0.25) is 0 Å². The monoisotopic (exact) mass is 601 g/mol. The quantitative estimate of drug-likeness (QED) is 0.195. The molecule has 0 saturated heterocycles. The highest BCUT2D eigenvalue weighted by atomic mass is 32.2. The van der Waals surface area contributed by atoms with Gasteiger partial charge in [-0.25, -0.2) is 0 Å². The minimum Gasteiger partial charge on any atom is -0.309 e. The molecule has 214 valence electrons. The van der Waals surface area contributed by atoms with Crippen LogP contribution in [0.5, 0.6) is 0 Å². The van der Waals surface area contributed by atoms with E-state index >= 15 is 0 Å². The highest BCUT2D eigenvalue weighted by Crippen LogP contribution is 2.49. The fourth-order valence-corrected chi connectivity index (χ4v) is 8.65. The van der Waals surface area contributed by atoms with Crippen molar-refractivity contribution in [3.8, 4) is 39.1 Å². The van der Waals surface area contributed by atoms with E-state index in [1.165, 1.54) is 92.2 Å². The summed E-state index contributed by atoms with van der Waals surface area (Å²) in [6.07, 6.45) is 0. The molecule has 2 heteroatoms. The Hall–Kier alpha value is -5.57. The molecule has 0 bridgehead atoms. The molecule has 1 nitrogen and oxygen atoms in total. The number of para-hydroxylation sites is 1. The summed E-state index contributed by atoms with van der Waals surface area (Å²) < 4.78 is 2.45. The van der Waals surface area contributed by atoms with Crippen LogP contribution in [-0.2, 0) is 0 Å². The van der Waals surface area contributed by atoms with Crippen molar-refractivity contribution >= 4 is 55.1 Å². The van der Waals surface area contributed by atoms with Gasteiger partial charge in [-0.05, 0) is 80.6 Å². The van der Waals surface area contributed by atoms with Crippen molar-refractivity contribution in [3.63, 3.8) is 0 Å². The summed E-state index contributed by atoms with van der Waals surface area (Å²) in [7, 11) is 0. The molecule has 0 aliphatic carbocycles. The Morgan fingerprint density at radius 2 is 1.11 bits per heavy atom. The molecule has 0 unspecified atom stereocenters. The summed E-state index contributed by atoms with van der Waals surface area (Å²) in [6, 6.07) is 60.2. The predicted octanol–water partition coefficient (Wildman–Crippen LogP) is 12.6. The van der Waals surface area contributed by atoms with Gasteiger partial charge in [0, 0.05) is 37.0 Å². The van der Waals surface area contributed by atoms with E-state index < -0.39 is 0 Å². The van der Waals surface area contributed by atoms with Crippen LogP contribution in [0, 0.1) is 0 Å². The minimum absolute atomic E-state index is 1.17. The Morgan fingerprint density at radius 3 is 2.07 bits per heavy atom. The molecule has 0 saturated carbocycles. The van der Waals surface area contributed by atoms with Gasteiger partial charge in [0.15, 0.2) is 0 Å². The first-order chi connectivity index (χ1) is 22.8. The molecule has 0 fully saturated rings. The molecule has 0 radical (unpaired) electrons. The van der Waals surface area contributed by atoms with Gasteiger partial charge in [-0.3, -0.25) is 0 Å². The average Bonchev–Trinajstić information content (AvgIpc) is 3.47. The first-order valence-electron chi connectivity index (χ1n) is 15.8. The van der Waals surface area contributed by atoms with Crippen molar-refractivity contribution in [1.29, 1.82) is 0 Å². The Balaban J connectivity index is 1.14. The zero-order chi connectivity index (χ0) is 30.2. The highest BCUT2D eigenvalue weighted by Gasteiger charge is 2.21. The molecular formula is C44H27NS. The van der Waals surface area contributed by atoms with Crippen molar-refractivity contribution in [2.75, 3.05) is 0 Å². The number of nitrogens with zero attached hydrogens (tertiary/aromatic N) is 1. The van der Waals surface area contributed by atoms with E-state index in [2.05, 4.69) is 168 Å². The molecular weight excluding hydrogens is 575 g/mol. The van der Waals surface area contributed by atoms with Crippen LogP contribution in [0.25, 0.3) is 82.4 Å². The lowest BCUT2D eigenvalue weighted by Crippen LogP contribution is -1.95. The molecule has 1 aliphatic rings. The third-order valence-electron chi connectivity index (χ3n) is 9.57. The molecule has 0 atom stereocenters. The molecule has 1 aromatic heterocycles. The van der Waals surface area contributed by atoms with Crippen LogP contribution in [0.15, 0.2) is 174 Å². The standard InChI is InChI=1S/C44H27NS/c1-2-15-34-28(10-1)22-23-39-35-16-3-5-20-40(35)45(44(34)39)32-14-8-12-30(27-32)29-11-7-13-31(26-29)33-24-25-42-43-37(33)18-9-19-38(43)36-17-4-6-21-41(36)46-42/h1-27H. The second-order valence-corrected chi connectivity index (χ2v) is 13.2. The Morgan fingerprint density at radius 1 is 0.391 bits per heavy atom. The number of hydrogen-bond acceptors (Lipinski definition) is 1. The molecule has 9 aromatic rings. The lowest BCUT2D eigenvalue weighted by Gasteiger charge is -2.21. The first-order valence-corrected chi connectivity index (χ1v) is 16.6. The van der Waals surface area contributed by atoms with Crippen molar-refractivity contribution < 1.29 is 0 Å². The van der Waals surface area contributed by atoms with E-state index in [4.69, 9.17) is 0 Å². The van der Waals surface area contributed by atoms with Gasteiger partial charge in [-0.2, -0.15) is 0 Å². The number of rotatable bonds is 3. The SMILES string of the molecule is c1cc(-c2cccc(-n3c4ccccc4c4ccc5ccccc5c43)c2)cc(-c2ccc3c4c(cccc24)-c2ccccc2S3)c1. The predicted molar refractivity (Wildman–Crippen MR) is 196 cm³/mol. The van der Waals surface area contributed by atoms with Crippen molar-refractivity contribution in [2.45, 2.75) is 9.79 Å². The summed E-state index contributed by atoms with van der Waals surface area (Å²) in [4.78, 5) is 2.66. The molecule has 10 rings (SSSR count). The van der Waals surface area contributed by atoms with Crippen LogP contribution in [0.3, 0.4) is 0 Å². The number of hydrogen-bond donors (Lipinski definition) is 0. The highest BCUT2D eigenvalue weighted by molar-refractivity contribution is 7.99. The number of benzene rings is 8. The van der Waals surface area contributed by atoms with Gasteiger partial charge in [0.25, 0.3) is 0 Å². The maximum absolute atomic E-state index is 2.45. The molecule has 46 heavy (non-hydrogen) atoms. The molecule has 0 spiro atoms. The summed E-state index contributed by atoms with van der Waals surface area (Å²) in [6.45, 7) is 0. The summed E-state index contributed by atoms with van der Waals surface area (Å²) in [5.41, 5.74) is 11.2. The van der Waals surface area contributed by atoms with Crippen LogP contribution in [0.4, 0.5) is 0 Å². The van der Waals surface area contributed by atoms with Gasteiger partial charge < -0.3 is 4.57 Å². The van der Waals surface area contributed by atoms with Crippen molar-refractivity contribution in [1.82, 2.24) is 4.57 Å². The van der Waals surface area contributed by atoms with Crippen molar-refractivity contribution in [3.05, 3.63) is 164 Å². The zero-order valence-electron chi connectivity index (χ0n) is 24.9. The van der Waals surface area contributed by atoms with Crippen LogP contribution < -0.4 is 0 Å². The molecule has 0 N–H and O–H groups in total. The Bertz CT molecular complexity index is 2680. The summed E-state index contributed by atoms with van der Waals surface area (Å²) >= 11 is 1.88. The van der Waals surface area contributed by atoms with Crippen LogP contribution >= 0.6 is 11.8 Å². The maximum Gasteiger partial charge on any atom is 0.0619 e. The fourth-order valence-electron chi connectivity index (χ4n) is 7.52. The van der Waals surface area contributed by atoms with E-state index in [1.807, 2.05) is 11.8 Å². The van der Waals surface area contributed by atoms with E-state index in [0.29, 0.717) is 0 Å². The van der Waals surface area contributed by atoms with E-state index in [-0.39, 0.29) is 0 Å². The molecule has 0 amide bonds. The second kappa shape index (κ2) is 9.97. The van der Waals surface area contributed by atoms with E-state index in [1.54, 1.807) is 0 Å². The smallest absolute Gasteiger partial charge is 0.0619 e.